The number of amides is 1. The number of benzene rings is 2. The number of hydrogen-bond acceptors (Lipinski definition) is 4. The van der Waals surface area contributed by atoms with Crippen LogP contribution in [0.4, 0.5) is 11.5 Å². The van der Waals surface area contributed by atoms with E-state index >= 15 is 0 Å². The molecule has 0 aliphatic rings. The van der Waals surface area contributed by atoms with Crippen LogP contribution < -0.4 is 10.6 Å². The van der Waals surface area contributed by atoms with Gasteiger partial charge in [-0.25, -0.2) is 4.98 Å². The summed E-state index contributed by atoms with van der Waals surface area (Å²) in [7, 11) is 0. The number of nitriles is 1. The van der Waals surface area contributed by atoms with E-state index in [1.807, 2.05) is 62.4 Å². The largest absolute Gasteiger partial charge is 0.364 e. The zero-order valence-corrected chi connectivity index (χ0v) is 20.2. The average molecular weight is 491 g/mol. The molecule has 32 heavy (non-hydrogen) atoms. The normalized spacial score (nSPS) is 10.5. The van der Waals surface area contributed by atoms with Crippen LogP contribution >= 0.6 is 15.9 Å². The number of carbonyl (C=O) groups excluding carboxylic acids is 1. The number of aromatic nitrogens is 1. The molecule has 3 aromatic rings. The highest BCUT2D eigenvalue weighted by atomic mass is 79.9. The lowest BCUT2D eigenvalue weighted by Crippen LogP contribution is -2.16. The fraction of sp³-hybridized carbons (Fsp3) is 0.269. The zero-order valence-electron chi connectivity index (χ0n) is 18.6. The van der Waals surface area contributed by atoms with Crippen LogP contribution in [0, 0.1) is 25.2 Å². The predicted molar refractivity (Wildman–Crippen MR) is 133 cm³/mol. The number of aryl methyl sites for hydroxylation is 1. The van der Waals surface area contributed by atoms with E-state index in [0.717, 1.165) is 45.3 Å². The molecule has 0 aliphatic carbocycles. The molecule has 0 bridgehead atoms. The molecule has 5 nitrogen and oxygen atoms in total. The molecule has 2 aromatic carbocycles. The number of nitrogens with one attached hydrogen (secondary N) is 2. The van der Waals surface area contributed by atoms with E-state index in [1.165, 1.54) is 0 Å². The van der Waals surface area contributed by atoms with Crippen LogP contribution in [0.2, 0.25) is 0 Å². The van der Waals surface area contributed by atoms with Gasteiger partial charge in [0.05, 0.1) is 23.0 Å². The Bertz CT molecular complexity index is 1150. The molecule has 0 unspecified atom stereocenters. The Kier molecular flexibility index (Phi) is 8.02. The third-order valence-electron chi connectivity index (χ3n) is 5.33. The number of unbranched alkanes of at least 4 members (excludes halogenated alkanes) is 1. The van der Waals surface area contributed by atoms with Crippen molar-refractivity contribution in [2.45, 2.75) is 46.6 Å². The summed E-state index contributed by atoms with van der Waals surface area (Å²) in [6.45, 7) is 6.54. The number of pyridine rings is 1. The number of carbonyl (C=O) groups is 1. The molecule has 164 valence electrons. The van der Waals surface area contributed by atoms with E-state index in [-0.39, 0.29) is 5.91 Å². The maximum Gasteiger partial charge on any atom is 0.224 e. The Labute approximate surface area is 198 Å². The van der Waals surface area contributed by atoms with E-state index in [2.05, 4.69) is 44.5 Å². The molecule has 0 atom stereocenters. The van der Waals surface area contributed by atoms with E-state index in [9.17, 15) is 10.1 Å². The molecule has 1 heterocycles. The zero-order chi connectivity index (χ0) is 23.1. The van der Waals surface area contributed by atoms with Crippen molar-refractivity contribution in [3.63, 3.8) is 0 Å². The van der Waals surface area contributed by atoms with Crippen LogP contribution in [-0.4, -0.2) is 10.9 Å². The Morgan fingerprint density at radius 2 is 1.84 bits per heavy atom. The van der Waals surface area contributed by atoms with Gasteiger partial charge in [-0.1, -0.05) is 55.8 Å². The van der Waals surface area contributed by atoms with Crippen LogP contribution in [-0.2, 0) is 11.3 Å². The Balaban J connectivity index is 1.79. The first-order valence-corrected chi connectivity index (χ1v) is 11.5. The van der Waals surface area contributed by atoms with Crippen molar-refractivity contribution in [3.05, 3.63) is 75.4 Å². The van der Waals surface area contributed by atoms with Crippen molar-refractivity contribution in [2.24, 2.45) is 0 Å². The van der Waals surface area contributed by atoms with Gasteiger partial charge in [0.1, 0.15) is 0 Å². The highest BCUT2D eigenvalue weighted by Gasteiger charge is 2.16. The second-order valence-electron chi connectivity index (χ2n) is 7.72. The standard InChI is InChI=1S/C26H27BrN4O/c1-4-5-10-23(32)31-25-17(2)24(27)18(3)30-26(25)29-16-19-11-13-20(14-12-19)22-9-7-6-8-21(22)15-28/h6-9,11-14H,4-5,10,16H2,1-3H3,(H,29,30)(H,31,32). The monoisotopic (exact) mass is 490 g/mol. The maximum absolute atomic E-state index is 12.4. The van der Waals surface area contributed by atoms with Crippen molar-refractivity contribution in [3.8, 4) is 17.2 Å². The molecule has 0 radical (unpaired) electrons. The lowest BCUT2D eigenvalue weighted by molar-refractivity contribution is -0.116. The minimum absolute atomic E-state index is 0.00364. The van der Waals surface area contributed by atoms with E-state index in [0.29, 0.717) is 30.0 Å². The molecule has 1 amide bonds. The Morgan fingerprint density at radius 1 is 1.12 bits per heavy atom. The summed E-state index contributed by atoms with van der Waals surface area (Å²) < 4.78 is 0.898. The van der Waals surface area contributed by atoms with Crippen LogP contribution in [0.25, 0.3) is 11.1 Å². The quantitative estimate of drug-likeness (QED) is 0.366. The molecule has 3 rings (SSSR count). The second kappa shape index (κ2) is 10.9. The summed E-state index contributed by atoms with van der Waals surface area (Å²) in [6, 6.07) is 17.9. The van der Waals surface area contributed by atoms with Gasteiger partial charge >= 0.3 is 0 Å². The van der Waals surface area contributed by atoms with Gasteiger partial charge in [0.15, 0.2) is 5.82 Å². The number of anilines is 2. The molecule has 0 fully saturated rings. The third-order valence-corrected chi connectivity index (χ3v) is 6.50. The second-order valence-corrected chi connectivity index (χ2v) is 8.51. The molecule has 0 aliphatic heterocycles. The first kappa shape index (κ1) is 23.5. The number of nitrogens with zero attached hydrogens (tertiary/aromatic N) is 2. The Morgan fingerprint density at radius 3 is 2.53 bits per heavy atom. The maximum atomic E-state index is 12.4. The first-order valence-electron chi connectivity index (χ1n) is 10.7. The molecule has 0 saturated carbocycles. The van der Waals surface area contributed by atoms with E-state index in [1.54, 1.807) is 0 Å². The van der Waals surface area contributed by atoms with Crippen LogP contribution in [0.5, 0.6) is 0 Å². The Hall–Kier alpha value is -3.17. The summed E-state index contributed by atoms with van der Waals surface area (Å²) in [4.78, 5) is 17.0. The fourth-order valence-electron chi connectivity index (χ4n) is 3.47. The van der Waals surface area contributed by atoms with Crippen LogP contribution in [0.15, 0.2) is 53.0 Å². The molecule has 1 aromatic heterocycles. The molecule has 0 spiro atoms. The lowest BCUT2D eigenvalue weighted by atomic mass is 9.99. The SMILES string of the molecule is CCCCC(=O)Nc1c(NCc2ccc(-c3ccccc3C#N)cc2)nc(C)c(Br)c1C. The van der Waals surface area contributed by atoms with Gasteiger partial charge in [0.2, 0.25) is 5.91 Å². The summed E-state index contributed by atoms with van der Waals surface area (Å²) in [6.07, 6.45) is 2.32. The highest BCUT2D eigenvalue weighted by Crippen LogP contribution is 2.33. The summed E-state index contributed by atoms with van der Waals surface area (Å²) >= 11 is 3.58. The molecule has 2 N–H and O–H groups in total. The van der Waals surface area contributed by atoms with Gasteiger partial charge in [-0.15, -0.1) is 0 Å². The first-order chi connectivity index (χ1) is 15.4. The van der Waals surface area contributed by atoms with Gasteiger partial charge in [0.25, 0.3) is 0 Å². The number of hydrogen-bond donors (Lipinski definition) is 2. The highest BCUT2D eigenvalue weighted by molar-refractivity contribution is 9.10. The minimum Gasteiger partial charge on any atom is -0.364 e. The summed E-state index contributed by atoms with van der Waals surface area (Å²) in [5, 5.41) is 15.8. The van der Waals surface area contributed by atoms with Gasteiger partial charge in [-0.2, -0.15) is 5.26 Å². The van der Waals surface area contributed by atoms with Gasteiger partial charge in [-0.05, 0) is 64.5 Å². The van der Waals surface area contributed by atoms with Crippen molar-refractivity contribution >= 4 is 33.3 Å². The van der Waals surface area contributed by atoms with Crippen molar-refractivity contribution in [2.75, 3.05) is 10.6 Å². The molecular formula is C26H27BrN4O. The van der Waals surface area contributed by atoms with Crippen molar-refractivity contribution < 1.29 is 4.79 Å². The fourth-order valence-corrected chi connectivity index (χ4v) is 3.76. The summed E-state index contributed by atoms with van der Waals surface area (Å²) in [5.41, 5.74) is 6.19. The smallest absolute Gasteiger partial charge is 0.224 e. The van der Waals surface area contributed by atoms with Crippen LogP contribution in [0.1, 0.15) is 48.6 Å². The molecule has 0 saturated heterocycles. The number of rotatable bonds is 8. The van der Waals surface area contributed by atoms with Gasteiger partial charge < -0.3 is 10.6 Å². The van der Waals surface area contributed by atoms with Crippen LogP contribution in [0.3, 0.4) is 0 Å². The average Bonchev–Trinajstić information content (AvgIpc) is 2.82. The van der Waals surface area contributed by atoms with Gasteiger partial charge in [-0.3, -0.25) is 4.79 Å². The molecular weight excluding hydrogens is 464 g/mol. The minimum atomic E-state index is -0.00364. The van der Waals surface area contributed by atoms with Gasteiger partial charge in [0, 0.05) is 17.4 Å². The van der Waals surface area contributed by atoms with E-state index in [4.69, 9.17) is 0 Å². The van der Waals surface area contributed by atoms with E-state index < -0.39 is 0 Å². The third kappa shape index (κ3) is 5.54. The lowest BCUT2D eigenvalue weighted by Gasteiger charge is -2.17. The summed E-state index contributed by atoms with van der Waals surface area (Å²) in [5.74, 6) is 0.656. The molecule has 6 heteroatoms. The van der Waals surface area contributed by atoms with Crippen molar-refractivity contribution in [1.29, 1.82) is 5.26 Å². The topological polar surface area (TPSA) is 77.8 Å². The van der Waals surface area contributed by atoms with Crippen molar-refractivity contribution in [1.82, 2.24) is 4.98 Å². The predicted octanol–water partition coefficient (Wildman–Crippen LogP) is 6.74. The number of halogens is 1.